The Bertz CT molecular complexity index is 580. The third-order valence-corrected chi connectivity index (χ3v) is 4.98. The minimum atomic E-state index is 0.353. The second-order valence-corrected chi connectivity index (χ2v) is 6.86. The van der Waals surface area contributed by atoms with Crippen LogP contribution in [0.3, 0.4) is 0 Å². The van der Waals surface area contributed by atoms with Crippen molar-refractivity contribution < 1.29 is 9.47 Å². The fourth-order valence-electron chi connectivity index (χ4n) is 3.59. The Labute approximate surface area is 156 Å². The molecular formula is C18H32N6O2. The number of aromatic nitrogens is 3. The number of aryl methyl sites for hydroxylation is 1. The lowest BCUT2D eigenvalue weighted by Crippen LogP contribution is -2.47. The molecule has 1 fully saturated rings. The first kappa shape index (κ1) is 19.1. The zero-order valence-electron chi connectivity index (χ0n) is 16.1. The summed E-state index contributed by atoms with van der Waals surface area (Å²) in [5, 5.41) is 12.0. The van der Waals surface area contributed by atoms with Crippen LogP contribution in [-0.2, 0) is 29.0 Å². The molecule has 0 bridgehead atoms. The Morgan fingerprint density at radius 2 is 2.08 bits per heavy atom. The van der Waals surface area contributed by atoms with Crippen molar-refractivity contribution in [2.75, 3.05) is 40.0 Å². The highest BCUT2D eigenvalue weighted by Gasteiger charge is 2.22. The van der Waals surface area contributed by atoms with E-state index in [4.69, 9.17) is 14.5 Å². The predicted molar refractivity (Wildman–Crippen MR) is 100 cm³/mol. The van der Waals surface area contributed by atoms with Crippen molar-refractivity contribution in [1.29, 1.82) is 0 Å². The monoisotopic (exact) mass is 364 g/mol. The lowest BCUT2D eigenvalue weighted by atomic mass is 10.1. The Balaban J connectivity index is 1.50. The molecule has 8 heteroatoms. The predicted octanol–water partition coefficient (Wildman–Crippen LogP) is 1.21. The summed E-state index contributed by atoms with van der Waals surface area (Å²) in [5.41, 5.74) is 0. The van der Waals surface area contributed by atoms with Gasteiger partial charge in [0, 0.05) is 52.9 Å². The van der Waals surface area contributed by atoms with E-state index in [9.17, 15) is 0 Å². The van der Waals surface area contributed by atoms with Crippen LogP contribution >= 0.6 is 0 Å². The first-order chi connectivity index (χ1) is 12.8. The highest BCUT2D eigenvalue weighted by molar-refractivity contribution is 5.80. The van der Waals surface area contributed by atoms with Crippen molar-refractivity contribution in [3.63, 3.8) is 0 Å². The molecule has 8 nitrogen and oxygen atoms in total. The smallest absolute Gasteiger partial charge is 0.194 e. The molecule has 0 amide bonds. The SMILES string of the molecule is CCNC(=NCc1nnc2n1CCC2)N1CCC(OCCCOC)CC1. The third-order valence-electron chi connectivity index (χ3n) is 4.98. The Kier molecular flexibility index (Phi) is 7.25. The van der Waals surface area contributed by atoms with Crippen LogP contribution in [0.2, 0.25) is 0 Å². The number of methoxy groups -OCH3 is 1. The Morgan fingerprint density at radius 3 is 2.85 bits per heavy atom. The third kappa shape index (κ3) is 4.94. The molecule has 1 aromatic rings. The molecule has 0 spiro atoms. The summed E-state index contributed by atoms with van der Waals surface area (Å²) in [6.45, 7) is 8.07. The van der Waals surface area contributed by atoms with E-state index in [2.05, 4.69) is 31.9 Å². The number of nitrogens with zero attached hydrogens (tertiary/aromatic N) is 5. The van der Waals surface area contributed by atoms with Gasteiger partial charge in [-0.3, -0.25) is 0 Å². The summed E-state index contributed by atoms with van der Waals surface area (Å²) >= 11 is 0. The molecule has 26 heavy (non-hydrogen) atoms. The lowest BCUT2D eigenvalue weighted by Gasteiger charge is -2.34. The molecule has 0 atom stereocenters. The van der Waals surface area contributed by atoms with Crippen LogP contribution in [-0.4, -0.2) is 71.7 Å². The Hall–Kier alpha value is -1.67. The van der Waals surface area contributed by atoms with E-state index >= 15 is 0 Å². The molecule has 2 aliphatic heterocycles. The van der Waals surface area contributed by atoms with Crippen LogP contribution in [0.25, 0.3) is 0 Å². The van der Waals surface area contributed by atoms with Gasteiger partial charge in [-0.05, 0) is 32.6 Å². The van der Waals surface area contributed by atoms with E-state index in [-0.39, 0.29) is 0 Å². The fourth-order valence-corrected chi connectivity index (χ4v) is 3.59. The van der Waals surface area contributed by atoms with Gasteiger partial charge in [-0.25, -0.2) is 4.99 Å². The van der Waals surface area contributed by atoms with Gasteiger partial charge in [0.2, 0.25) is 0 Å². The number of likely N-dealkylation sites (tertiary alicyclic amines) is 1. The zero-order valence-corrected chi connectivity index (χ0v) is 16.1. The largest absolute Gasteiger partial charge is 0.385 e. The molecule has 0 saturated carbocycles. The number of fused-ring (bicyclic) bond motifs is 1. The van der Waals surface area contributed by atoms with Crippen LogP contribution in [0, 0.1) is 0 Å². The molecule has 0 radical (unpaired) electrons. The minimum absolute atomic E-state index is 0.353. The Morgan fingerprint density at radius 1 is 1.23 bits per heavy atom. The number of piperidine rings is 1. The first-order valence-electron chi connectivity index (χ1n) is 9.86. The molecule has 0 unspecified atom stereocenters. The van der Waals surface area contributed by atoms with Gasteiger partial charge in [-0.15, -0.1) is 10.2 Å². The molecule has 3 heterocycles. The topological polar surface area (TPSA) is 76.8 Å². The van der Waals surface area contributed by atoms with Gasteiger partial charge in [0.25, 0.3) is 0 Å². The second-order valence-electron chi connectivity index (χ2n) is 6.86. The van der Waals surface area contributed by atoms with Gasteiger partial charge >= 0.3 is 0 Å². The van der Waals surface area contributed by atoms with Gasteiger partial charge in [-0.2, -0.15) is 0 Å². The first-order valence-corrected chi connectivity index (χ1v) is 9.86. The van der Waals surface area contributed by atoms with Crippen molar-refractivity contribution in [3.8, 4) is 0 Å². The maximum absolute atomic E-state index is 5.95. The number of rotatable bonds is 8. The average Bonchev–Trinajstić information content (AvgIpc) is 3.27. The maximum Gasteiger partial charge on any atom is 0.194 e. The molecule has 1 saturated heterocycles. The van der Waals surface area contributed by atoms with Crippen molar-refractivity contribution in [2.45, 2.75) is 58.2 Å². The van der Waals surface area contributed by atoms with E-state index in [0.717, 1.165) is 82.7 Å². The van der Waals surface area contributed by atoms with Gasteiger partial charge in [0.1, 0.15) is 12.4 Å². The van der Waals surface area contributed by atoms with Crippen molar-refractivity contribution in [1.82, 2.24) is 25.0 Å². The van der Waals surface area contributed by atoms with Crippen LogP contribution in [0.1, 0.15) is 44.3 Å². The fraction of sp³-hybridized carbons (Fsp3) is 0.833. The van der Waals surface area contributed by atoms with E-state index in [1.807, 2.05) is 0 Å². The van der Waals surface area contributed by atoms with Gasteiger partial charge in [-0.1, -0.05) is 0 Å². The molecule has 1 aromatic heterocycles. The van der Waals surface area contributed by atoms with E-state index in [0.29, 0.717) is 12.6 Å². The molecule has 2 aliphatic rings. The lowest BCUT2D eigenvalue weighted by molar-refractivity contribution is 0.00990. The zero-order chi connectivity index (χ0) is 18.2. The number of guanidine groups is 1. The molecule has 0 aliphatic carbocycles. The summed E-state index contributed by atoms with van der Waals surface area (Å²) in [6, 6.07) is 0. The highest BCUT2D eigenvalue weighted by atomic mass is 16.5. The normalized spacial score (nSPS) is 18.4. The number of aliphatic imine (C=N–C) groups is 1. The summed E-state index contributed by atoms with van der Waals surface area (Å²) in [5.74, 6) is 3.05. The summed E-state index contributed by atoms with van der Waals surface area (Å²) in [6.07, 6.45) is 5.60. The summed E-state index contributed by atoms with van der Waals surface area (Å²) < 4.78 is 13.2. The van der Waals surface area contributed by atoms with Gasteiger partial charge in [0.05, 0.1) is 6.10 Å². The van der Waals surface area contributed by atoms with Crippen LogP contribution in [0.5, 0.6) is 0 Å². The molecule has 1 N–H and O–H groups in total. The van der Waals surface area contributed by atoms with Crippen molar-refractivity contribution >= 4 is 5.96 Å². The summed E-state index contributed by atoms with van der Waals surface area (Å²) in [7, 11) is 1.73. The van der Waals surface area contributed by atoms with Crippen LogP contribution in [0.4, 0.5) is 0 Å². The number of nitrogens with one attached hydrogen (secondary N) is 1. The molecular weight excluding hydrogens is 332 g/mol. The second kappa shape index (κ2) is 9.87. The minimum Gasteiger partial charge on any atom is -0.385 e. The summed E-state index contributed by atoms with van der Waals surface area (Å²) in [4.78, 5) is 7.15. The maximum atomic E-state index is 5.95. The number of ether oxygens (including phenoxy) is 2. The van der Waals surface area contributed by atoms with E-state index in [1.54, 1.807) is 7.11 Å². The average molecular weight is 364 g/mol. The van der Waals surface area contributed by atoms with Gasteiger partial charge in [0.15, 0.2) is 11.8 Å². The van der Waals surface area contributed by atoms with Crippen LogP contribution in [0.15, 0.2) is 4.99 Å². The standard InChI is InChI=1S/C18H32N6O2/c1-3-19-18(20-14-17-22-21-16-6-4-9-24(16)17)23-10-7-15(8-11-23)26-13-5-12-25-2/h15H,3-14H2,1-2H3,(H,19,20). The number of hydrogen-bond donors (Lipinski definition) is 1. The van der Waals surface area contributed by atoms with Crippen molar-refractivity contribution in [3.05, 3.63) is 11.6 Å². The number of hydrogen-bond acceptors (Lipinski definition) is 5. The quantitative estimate of drug-likeness (QED) is 0.424. The van der Waals surface area contributed by atoms with E-state index < -0.39 is 0 Å². The van der Waals surface area contributed by atoms with E-state index in [1.165, 1.54) is 6.42 Å². The van der Waals surface area contributed by atoms with Crippen LogP contribution < -0.4 is 5.32 Å². The highest BCUT2D eigenvalue weighted by Crippen LogP contribution is 2.16. The molecule has 0 aromatic carbocycles. The van der Waals surface area contributed by atoms with Gasteiger partial charge < -0.3 is 24.3 Å². The molecule has 146 valence electrons. The van der Waals surface area contributed by atoms with Crippen molar-refractivity contribution in [2.24, 2.45) is 4.99 Å². The molecule has 3 rings (SSSR count).